The summed E-state index contributed by atoms with van der Waals surface area (Å²) in [6.07, 6.45) is 4.82. The van der Waals surface area contributed by atoms with Crippen LogP contribution < -0.4 is 5.32 Å². The third-order valence-electron chi connectivity index (χ3n) is 5.28. The predicted molar refractivity (Wildman–Crippen MR) is 123 cm³/mol. The van der Waals surface area contributed by atoms with E-state index in [4.69, 9.17) is 0 Å². The molecule has 3 aromatic rings. The van der Waals surface area contributed by atoms with Gasteiger partial charge in [-0.15, -0.1) is 11.8 Å². The molecular weight excluding hydrogens is 438 g/mol. The number of sulfonamides is 1. The molecule has 1 atom stereocenters. The van der Waals surface area contributed by atoms with Crippen LogP contribution in [0.15, 0.2) is 52.3 Å². The number of aromatic nitrogens is 1. The zero-order valence-electron chi connectivity index (χ0n) is 16.8. The van der Waals surface area contributed by atoms with Crippen LogP contribution in [0.25, 0.3) is 10.2 Å². The van der Waals surface area contributed by atoms with Crippen LogP contribution in [0.5, 0.6) is 0 Å². The van der Waals surface area contributed by atoms with Gasteiger partial charge < -0.3 is 0 Å². The molecule has 0 radical (unpaired) electrons. The molecule has 0 spiro atoms. The molecule has 1 amide bonds. The number of fused-ring (bicyclic) bond motifs is 1. The highest BCUT2D eigenvalue weighted by Gasteiger charge is 2.30. The van der Waals surface area contributed by atoms with Crippen molar-refractivity contribution in [1.29, 1.82) is 0 Å². The maximum absolute atomic E-state index is 12.9. The van der Waals surface area contributed by atoms with Crippen LogP contribution in [0.3, 0.4) is 0 Å². The number of nitrogens with one attached hydrogen (secondary N) is 1. The Kier molecular flexibility index (Phi) is 6.15. The van der Waals surface area contributed by atoms with Gasteiger partial charge in [-0.3, -0.25) is 10.1 Å². The lowest BCUT2D eigenvalue weighted by Gasteiger charge is -2.32. The Morgan fingerprint density at radius 1 is 1.20 bits per heavy atom. The van der Waals surface area contributed by atoms with Crippen LogP contribution in [0.1, 0.15) is 36.5 Å². The van der Waals surface area contributed by atoms with E-state index in [2.05, 4.69) is 16.4 Å². The summed E-state index contributed by atoms with van der Waals surface area (Å²) in [5.41, 5.74) is 1.23. The number of carbonyl (C=O) groups excluding carboxylic acids is 1. The molecule has 0 saturated carbocycles. The molecule has 0 bridgehead atoms. The Morgan fingerprint density at radius 2 is 1.97 bits per heavy atom. The van der Waals surface area contributed by atoms with E-state index in [0.717, 1.165) is 34.4 Å². The third-order valence-corrected chi connectivity index (χ3v) is 8.97. The molecule has 158 valence electrons. The van der Waals surface area contributed by atoms with E-state index in [1.54, 1.807) is 28.2 Å². The third kappa shape index (κ3) is 4.25. The molecule has 6 nitrogen and oxygen atoms in total. The van der Waals surface area contributed by atoms with Crippen LogP contribution in [-0.4, -0.2) is 42.5 Å². The van der Waals surface area contributed by atoms with Crippen LogP contribution in [0.4, 0.5) is 5.13 Å². The molecule has 1 aromatic heterocycles. The van der Waals surface area contributed by atoms with Crippen molar-refractivity contribution in [3.63, 3.8) is 0 Å². The second-order valence-corrected chi connectivity index (χ2v) is 11.1. The number of benzene rings is 2. The minimum absolute atomic E-state index is 0.00242. The molecule has 1 aliphatic rings. The molecule has 2 aromatic carbocycles. The van der Waals surface area contributed by atoms with Gasteiger partial charge in [-0.2, -0.15) is 4.31 Å². The summed E-state index contributed by atoms with van der Waals surface area (Å²) >= 11 is 3.07. The zero-order chi connectivity index (χ0) is 21.3. The average molecular weight is 462 g/mol. The number of hydrogen-bond donors (Lipinski definition) is 1. The average Bonchev–Trinajstić information content (AvgIpc) is 3.15. The van der Waals surface area contributed by atoms with E-state index < -0.39 is 10.0 Å². The van der Waals surface area contributed by atoms with Crippen LogP contribution >= 0.6 is 23.1 Å². The summed E-state index contributed by atoms with van der Waals surface area (Å²) in [6, 6.07) is 12.1. The molecule has 30 heavy (non-hydrogen) atoms. The monoisotopic (exact) mass is 461 g/mol. The van der Waals surface area contributed by atoms with Crippen LogP contribution in [0.2, 0.25) is 0 Å². The highest BCUT2D eigenvalue weighted by molar-refractivity contribution is 7.98. The molecule has 0 aliphatic carbocycles. The highest BCUT2D eigenvalue weighted by Crippen LogP contribution is 2.30. The molecule has 2 heterocycles. The van der Waals surface area contributed by atoms with Crippen molar-refractivity contribution in [2.24, 2.45) is 0 Å². The maximum atomic E-state index is 12.9. The second kappa shape index (κ2) is 8.66. The number of amides is 1. The summed E-state index contributed by atoms with van der Waals surface area (Å²) < 4.78 is 28.4. The van der Waals surface area contributed by atoms with E-state index in [9.17, 15) is 13.2 Å². The van der Waals surface area contributed by atoms with Gasteiger partial charge in [0.05, 0.1) is 15.1 Å². The standard InChI is InChI=1S/C21H23N3O3S3/c1-14-5-3-4-12-24(14)30(26,27)17-9-6-15(7-10-17)20(25)23-21-22-18-11-8-16(28-2)13-19(18)29-21/h6-11,13-14H,3-5,12H2,1-2H3,(H,22,23,25). The smallest absolute Gasteiger partial charge is 0.257 e. The lowest BCUT2D eigenvalue weighted by Crippen LogP contribution is -2.41. The number of anilines is 1. The van der Waals surface area contributed by atoms with Gasteiger partial charge in [-0.1, -0.05) is 17.8 Å². The lowest BCUT2D eigenvalue weighted by molar-refractivity contribution is 0.102. The first-order valence-corrected chi connectivity index (χ1v) is 13.2. The minimum Gasteiger partial charge on any atom is -0.298 e. The Labute approximate surface area is 184 Å². The highest BCUT2D eigenvalue weighted by atomic mass is 32.2. The molecular formula is C21H23N3O3S3. The fourth-order valence-corrected chi connectivity index (χ4v) is 6.71. The van der Waals surface area contributed by atoms with Crippen molar-refractivity contribution in [2.45, 2.75) is 42.0 Å². The number of thiazole rings is 1. The molecule has 1 fully saturated rings. The summed E-state index contributed by atoms with van der Waals surface area (Å²) in [5.74, 6) is -0.311. The summed E-state index contributed by atoms with van der Waals surface area (Å²) in [5, 5.41) is 3.34. The number of rotatable bonds is 5. The normalized spacial score (nSPS) is 17.9. The summed E-state index contributed by atoms with van der Waals surface area (Å²) in [4.78, 5) is 18.4. The first kappa shape index (κ1) is 21.3. The Balaban J connectivity index is 1.50. The molecule has 1 aliphatic heterocycles. The van der Waals surface area contributed by atoms with Gasteiger partial charge in [-0.25, -0.2) is 13.4 Å². The van der Waals surface area contributed by atoms with E-state index in [1.807, 2.05) is 25.3 Å². The van der Waals surface area contributed by atoms with Gasteiger partial charge in [0.25, 0.3) is 5.91 Å². The zero-order valence-corrected chi connectivity index (χ0v) is 19.2. The Bertz CT molecular complexity index is 1170. The lowest BCUT2D eigenvalue weighted by atomic mass is 10.1. The van der Waals surface area contributed by atoms with Crippen molar-refractivity contribution in [1.82, 2.24) is 9.29 Å². The Hall–Kier alpha value is -1.94. The largest absolute Gasteiger partial charge is 0.298 e. The quantitative estimate of drug-likeness (QED) is 0.550. The number of thioether (sulfide) groups is 1. The van der Waals surface area contributed by atoms with E-state index >= 15 is 0 Å². The molecule has 9 heteroatoms. The van der Waals surface area contributed by atoms with Crippen LogP contribution in [-0.2, 0) is 10.0 Å². The number of carbonyl (C=O) groups is 1. The fourth-order valence-electron chi connectivity index (χ4n) is 3.60. The van der Waals surface area contributed by atoms with E-state index in [0.29, 0.717) is 17.2 Å². The van der Waals surface area contributed by atoms with Crippen molar-refractivity contribution in [2.75, 3.05) is 18.1 Å². The Morgan fingerprint density at radius 3 is 2.67 bits per heavy atom. The van der Waals surface area contributed by atoms with Gasteiger partial charge >= 0.3 is 0 Å². The van der Waals surface area contributed by atoms with E-state index in [-0.39, 0.29) is 16.8 Å². The van der Waals surface area contributed by atoms with Gasteiger partial charge in [0.15, 0.2) is 5.13 Å². The molecule has 1 saturated heterocycles. The number of nitrogens with zero attached hydrogens (tertiary/aromatic N) is 2. The van der Waals surface area contributed by atoms with Gasteiger partial charge in [-0.05, 0) is 68.5 Å². The van der Waals surface area contributed by atoms with Crippen molar-refractivity contribution < 1.29 is 13.2 Å². The first-order chi connectivity index (χ1) is 14.4. The second-order valence-electron chi connectivity index (χ2n) is 7.29. The number of piperidine rings is 1. The van der Waals surface area contributed by atoms with Gasteiger partial charge in [0.2, 0.25) is 10.0 Å². The molecule has 4 rings (SSSR count). The molecule has 1 N–H and O–H groups in total. The number of hydrogen-bond acceptors (Lipinski definition) is 6. The van der Waals surface area contributed by atoms with Gasteiger partial charge in [0.1, 0.15) is 0 Å². The van der Waals surface area contributed by atoms with Crippen molar-refractivity contribution >= 4 is 54.4 Å². The maximum Gasteiger partial charge on any atom is 0.257 e. The predicted octanol–water partition coefficient (Wildman–Crippen LogP) is 4.83. The fraction of sp³-hybridized carbons (Fsp3) is 0.333. The van der Waals surface area contributed by atoms with E-state index in [1.165, 1.54) is 23.5 Å². The topological polar surface area (TPSA) is 79.4 Å². The SMILES string of the molecule is CSc1ccc2nc(NC(=O)c3ccc(S(=O)(=O)N4CCCCC4C)cc3)sc2c1. The first-order valence-electron chi connectivity index (χ1n) is 9.76. The van der Waals surface area contributed by atoms with Gasteiger partial charge in [0, 0.05) is 23.0 Å². The van der Waals surface area contributed by atoms with Crippen LogP contribution in [0, 0.1) is 0 Å². The summed E-state index contributed by atoms with van der Waals surface area (Å²) in [6.45, 7) is 2.49. The van der Waals surface area contributed by atoms with Crippen molar-refractivity contribution in [3.8, 4) is 0 Å². The minimum atomic E-state index is -3.55. The molecule has 1 unspecified atom stereocenters. The van der Waals surface area contributed by atoms with Crippen molar-refractivity contribution in [3.05, 3.63) is 48.0 Å². The summed E-state index contributed by atoms with van der Waals surface area (Å²) in [7, 11) is -3.55.